The van der Waals surface area contributed by atoms with E-state index in [-0.39, 0.29) is 6.47 Å². The van der Waals surface area contributed by atoms with E-state index in [0.29, 0.717) is 16.6 Å². The summed E-state index contributed by atoms with van der Waals surface area (Å²) in [5, 5.41) is 12.3. The van der Waals surface area contributed by atoms with Gasteiger partial charge >= 0.3 is 0 Å². The van der Waals surface area contributed by atoms with Gasteiger partial charge in [0.15, 0.2) is 0 Å². The average Bonchev–Trinajstić information content (AvgIpc) is 2.94. The van der Waals surface area contributed by atoms with Gasteiger partial charge in [-0.25, -0.2) is 4.98 Å². The standard InChI is InChI=1S/C12H12N2O2S2.C2H6.CH2O2/c1-6-5-17-11(4-13-6)12-14-7-2-8(15)9(16)3-10(7)18-12;1-2;2-1-3/h2-3,6,11,13H,4-5H2,1H3;1-2H3;1H,(H,2,3). The zero-order chi connectivity index (χ0) is 17.4. The fourth-order valence-corrected chi connectivity index (χ4v) is 4.29. The largest absolute Gasteiger partial charge is 0.483 e. The second-order valence-corrected chi connectivity index (χ2v) is 6.85. The quantitative estimate of drug-likeness (QED) is 0.553. The number of aromatic nitrogens is 1. The summed E-state index contributed by atoms with van der Waals surface area (Å²) in [6.45, 7) is 6.80. The number of nitrogens with zero attached hydrogens (tertiary/aromatic N) is 1. The van der Waals surface area contributed by atoms with Crippen LogP contribution in [0.25, 0.3) is 12.2 Å². The zero-order valence-electron chi connectivity index (χ0n) is 13.2. The summed E-state index contributed by atoms with van der Waals surface area (Å²) < 4.78 is 0.814. The van der Waals surface area contributed by atoms with Gasteiger partial charge in [0, 0.05) is 30.5 Å². The molecule has 0 bridgehead atoms. The second-order valence-electron chi connectivity index (χ2n) is 4.56. The molecule has 23 heavy (non-hydrogen) atoms. The van der Waals surface area contributed by atoms with Gasteiger partial charge in [-0.2, -0.15) is 0 Å². The lowest BCUT2D eigenvalue weighted by Crippen LogP contribution is -2.36. The first-order valence-electron chi connectivity index (χ1n) is 7.26. The van der Waals surface area contributed by atoms with Crippen molar-refractivity contribution in [2.45, 2.75) is 32.1 Å². The number of carbonyl (C=O) groups excluding carboxylic acids is 2. The van der Waals surface area contributed by atoms with Gasteiger partial charge < -0.3 is 10.4 Å². The molecule has 0 aromatic carbocycles. The molecule has 2 N–H and O–H groups in total. The second kappa shape index (κ2) is 9.59. The van der Waals surface area contributed by atoms with Crippen LogP contribution in [0, 0.1) is 0 Å². The molecular weight excluding hydrogens is 336 g/mol. The lowest BCUT2D eigenvalue weighted by atomic mass is 10.2. The molecule has 8 heteroatoms. The van der Waals surface area contributed by atoms with Crippen molar-refractivity contribution in [2.75, 3.05) is 12.3 Å². The first kappa shape index (κ1) is 19.5. The molecule has 126 valence electrons. The van der Waals surface area contributed by atoms with Gasteiger partial charge in [-0.3, -0.25) is 14.4 Å². The van der Waals surface area contributed by atoms with E-state index >= 15 is 0 Å². The third-order valence-electron chi connectivity index (χ3n) is 2.95. The van der Waals surface area contributed by atoms with Crippen molar-refractivity contribution < 1.29 is 19.5 Å². The number of thiazole rings is 1. The third kappa shape index (κ3) is 5.26. The third-order valence-corrected chi connectivity index (χ3v) is 5.71. The van der Waals surface area contributed by atoms with Crippen LogP contribution in [-0.2, 0) is 14.4 Å². The molecule has 0 saturated carbocycles. The number of hydrogen-bond acceptors (Lipinski definition) is 7. The predicted octanol–water partition coefficient (Wildman–Crippen LogP) is 0.349. The van der Waals surface area contributed by atoms with Crippen LogP contribution in [0.1, 0.15) is 31.0 Å². The molecule has 1 aliphatic carbocycles. The van der Waals surface area contributed by atoms with Crippen molar-refractivity contribution in [1.82, 2.24) is 10.3 Å². The smallest absolute Gasteiger partial charge is 0.290 e. The number of rotatable bonds is 1. The number of fused-ring (bicyclic) bond motifs is 1. The number of ketones is 2. The fraction of sp³-hybridized carbons (Fsp3) is 0.467. The molecule has 2 heterocycles. The minimum absolute atomic E-state index is 0.250. The molecule has 1 aromatic rings. The highest BCUT2D eigenvalue weighted by molar-refractivity contribution is 7.99. The molecule has 2 aliphatic rings. The number of carbonyl (C=O) groups is 3. The predicted molar refractivity (Wildman–Crippen MR) is 93.0 cm³/mol. The van der Waals surface area contributed by atoms with Gasteiger partial charge in [0.05, 0.1) is 15.1 Å². The molecule has 2 atom stereocenters. The molecule has 0 amide bonds. The minimum Gasteiger partial charge on any atom is -0.483 e. The molecule has 1 aliphatic heterocycles. The van der Waals surface area contributed by atoms with Gasteiger partial charge in [0.1, 0.15) is 5.01 Å². The molecule has 6 nitrogen and oxygen atoms in total. The van der Waals surface area contributed by atoms with Crippen LogP contribution >= 0.6 is 23.1 Å². The van der Waals surface area contributed by atoms with Crippen LogP contribution in [-0.4, -0.2) is 46.5 Å². The summed E-state index contributed by atoms with van der Waals surface area (Å²) in [5.41, 5.74) is 0. The summed E-state index contributed by atoms with van der Waals surface area (Å²) in [7, 11) is 0. The Morgan fingerprint density at radius 2 is 1.91 bits per heavy atom. The molecule has 0 spiro atoms. The Labute approximate surface area is 142 Å². The van der Waals surface area contributed by atoms with Crippen molar-refractivity contribution in [3.8, 4) is 0 Å². The van der Waals surface area contributed by atoms with Crippen molar-refractivity contribution in [3.63, 3.8) is 0 Å². The Morgan fingerprint density at radius 3 is 2.48 bits per heavy atom. The summed E-state index contributed by atoms with van der Waals surface area (Å²) in [4.78, 5) is 35.4. The van der Waals surface area contributed by atoms with E-state index < -0.39 is 11.6 Å². The van der Waals surface area contributed by atoms with E-state index in [9.17, 15) is 9.59 Å². The maximum atomic E-state index is 11.3. The van der Waals surface area contributed by atoms with E-state index in [0.717, 1.165) is 21.8 Å². The number of thioether (sulfide) groups is 1. The maximum absolute atomic E-state index is 11.3. The van der Waals surface area contributed by atoms with E-state index in [1.807, 2.05) is 25.6 Å². The van der Waals surface area contributed by atoms with Crippen LogP contribution in [0.2, 0.25) is 0 Å². The van der Waals surface area contributed by atoms with E-state index in [1.165, 1.54) is 23.5 Å². The summed E-state index contributed by atoms with van der Waals surface area (Å²) in [6.07, 6.45) is 2.75. The SMILES string of the molecule is CC.CC1CSC(c2nc3c(s2)=CC(=O)C(=O)C=3)CN1.O=CO. The van der Waals surface area contributed by atoms with E-state index in [1.54, 1.807) is 0 Å². The van der Waals surface area contributed by atoms with Crippen LogP contribution in [0.15, 0.2) is 0 Å². The summed E-state index contributed by atoms with van der Waals surface area (Å²) in [6, 6.07) is 0.530. The number of Topliss-reactive ketones (excluding diaryl/α,β-unsaturated/α-hetero) is 2. The van der Waals surface area contributed by atoms with Crippen LogP contribution in [0.3, 0.4) is 0 Å². The van der Waals surface area contributed by atoms with Crippen molar-refractivity contribution >= 4 is 53.3 Å². The highest BCUT2D eigenvalue weighted by atomic mass is 32.2. The minimum atomic E-state index is -0.470. The van der Waals surface area contributed by atoms with Gasteiger partial charge in [0.25, 0.3) is 6.47 Å². The normalized spacial score (nSPS) is 22.2. The monoisotopic (exact) mass is 356 g/mol. The van der Waals surface area contributed by atoms with Crippen LogP contribution in [0.4, 0.5) is 0 Å². The molecule has 1 saturated heterocycles. The molecular formula is C15H20N2O4S2. The van der Waals surface area contributed by atoms with Gasteiger partial charge in [-0.1, -0.05) is 13.8 Å². The van der Waals surface area contributed by atoms with Crippen LogP contribution in [0.5, 0.6) is 0 Å². The number of hydrogen-bond donors (Lipinski definition) is 2. The molecule has 3 rings (SSSR count). The average molecular weight is 356 g/mol. The van der Waals surface area contributed by atoms with E-state index in [4.69, 9.17) is 9.90 Å². The maximum Gasteiger partial charge on any atom is 0.290 e. The first-order chi connectivity index (χ1) is 11.0. The molecule has 2 unspecified atom stereocenters. The van der Waals surface area contributed by atoms with E-state index in [2.05, 4.69) is 17.2 Å². The van der Waals surface area contributed by atoms with Crippen LogP contribution < -0.4 is 15.2 Å². The highest BCUT2D eigenvalue weighted by Crippen LogP contribution is 2.31. The summed E-state index contributed by atoms with van der Waals surface area (Å²) >= 11 is 3.39. The Morgan fingerprint density at radius 1 is 1.30 bits per heavy atom. The zero-order valence-corrected chi connectivity index (χ0v) is 14.9. The number of carboxylic acid groups (broad SMARTS) is 1. The Balaban J connectivity index is 0.000000477. The van der Waals surface area contributed by atoms with Crippen molar-refractivity contribution in [2.24, 2.45) is 0 Å². The molecule has 1 fully saturated rings. The highest BCUT2D eigenvalue weighted by Gasteiger charge is 2.23. The summed E-state index contributed by atoms with van der Waals surface area (Å²) in [5.74, 6) is 0.142. The van der Waals surface area contributed by atoms with Gasteiger partial charge in [0.2, 0.25) is 11.6 Å². The topological polar surface area (TPSA) is 96.4 Å². The Bertz CT molecular complexity index is 633. The number of nitrogens with one attached hydrogen (secondary N) is 1. The molecule has 0 radical (unpaired) electrons. The first-order valence-corrected chi connectivity index (χ1v) is 9.13. The van der Waals surface area contributed by atoms with Gasteiger partial charge in [-0.15, -0.1) is 23.1 Å². The lowest BCUT2D eigenvalue weighted by Gasteiger charge is -2.25. The molecule has 1 aromatic heterocycles. The fourth-order valence-electron chi connectivity index (χ4n) is 1.94. The Kier molecular flexibility index (Phi) is 8.15. The van der Waals surface area contributed by atoms with Gasteiger partial charge in [-0.05, 0) is 6.92 Å². The lowest BCUT2D eigenvalue weighted by molar-refractivity contribution is -0.129. The van der Waals surface area contributed by atoms with Crippen molar-refractivity contribution in [3.05, 3.63) is 14.9 Å². The Hall–Kier alpha value is -1.51. The van der Waals surface area contributed by atoms with Crippen molar-refractivity contribution in [1.29, 1.82) is 0 Å².